The van der Waals surface area contributed by atoms with Crippen LogP contribution in [0, 0.1) is 12.8 Å². The number of halogens is 3. The van der Waals surface area contributed by atoms with Gasteiger partial charge in [0.15, 0.2) is 0 Å². The van der Waals surface area contributed by atoms with E-state index in [9.17, 15) is 18.0 Å². The Hall–Kier alpha value is -2.84. The van der Waals surface area contributed by atoms with Crippen LogP contribution in [0.2, 0.25) is 0 Å². The molecule has 0 aliphatic rings. The van der Waals surface area contributed by atoms with Crippen LogP contribution in [0.4, 0.5) is 18.0 Å². The van der Waals surface area contributed by atoms with Gasteiger partial charge in [0, 0.05) is 25.2 Å². The lowest BCUT2D eigenvalue weighted by molar-refractivity contribution is -0.0919. The molecule has 1 rings (SSSR count). The molecule has 1 aromatic carbocycles. The molecule has 0 spiro atoms. The van der Waals surface area contributed by atoms with Gasteiger partial charge in [-0.15, -0.1) is 0 Å². The summed E-state index contributed by atoms with van der Waals surface area (Å²) in [4.78, 5) is 19.8. The van der Waals surface area contributed by atoms with E-state index >= 15 is 0 Å². The minimum absolute atomic E-state index is 0.101. The minimum atomic E-state index is -4.64. The first-order valence-electron chi connectivity index (χ1n) is 11.3. The summed E-state index contributed by atoms with van der Waals surface area (Å²) in [6, 6.07) is 7.84. The van der Waals surface area contributed by atoms with E-state index in [1.807, 2.05) is 38.1 Å². The van der Waals surface area contributed by atoms with Crippen molar-refractivity contribution in [2.45, 2.75) is 72.6 Å². The normalized spacial score (nSPS) is 13.9. The first-order chi connectivity index (χ1) is 15.7. The molecule has 6 nitrogen and oxygen atoms in total. The number of nitrogens with zero attached hydrogens (tertiary/aromatic N) is 2. The third-order valence-electron chi connectivity index (χ3n) is 4.75. The van der Waals surface area contributed by atoms with Gasteiger partial charge in [0.1, 0.15) is 11.3 Å². The monoisotopic (exact) mass is 482 g/mol. The van der Waals surface area contributed by atoms with Gasteiger partial charge in [0.2, 0.25) is 5.96 Å². The maximum atomic E-state index is 13.0. The smallest absolute Gasteiger partial charge is 0.432 e. The highest BCUT2D eigenvalue weighted by atomic mass is 19.4. The summed E-state index contributed by atoms with van der Waals surface area (Å²) in [5, 5.41) is 5.63. The van der Waals surface area contributed by atoms with Gasteiger partial charge in [0.25, 0.3) is 0 Å². The highest BCUT2D eigenvalue weighted by Gasteiger charge is 2.32. The molecular formula is C25H37F3N4O2. The number of carbonyl (C=O) groups excluding carboxylic acids is 1. The summed E-state index contributed by atoms with van der Waals surface area (Å²) in [5.74, 6) is -0.0353. The predicted octanol–water partition coefficient (Wildman–Crippen LogP) is 5.96. The van der Waals surface area contributed by atoms with E-state index in [1.54, 1.807) is 27.7 Å². The molecule has 1 unspecified atom stereocenters. The van der Waals surface area contributed by atoms with Crippen LogP contribution in [-0.4, -0.2) is 42.6 Å². The number of nitrogens with one attached hydrogen (secondary N) is 2. The molecule has 1 aromatic rings. The summed E-state index contributed by atoms with van der Waals surface area (Å²) in [5.41, 5.74) is 0.905. The summed E-state index contributed by atoms with van der Waals surface area (Å²) in [7, 11) is 0. The van der Waals surface area contributed by atoms with Gasteiger partial charge in [-0.25, -0.2) is 14.8 Å². The van der Waals surface area contributed by atoms with Gasteiger partial charge in [-0.2, -0.15) is 13.2 Å². The summed E-state index contributed by atoms with van der Waals surface area (Å²) in [6.07, 6.45) is -3.29. The molecule has 0 saturated carbocycles. The number of guanidine groups is 1. The van der Waals surface area contributed by atoms with E-state index in [0.29, 0.717) is 31.6 Å². The van der Waals surface area contributed by atoms with E-state index in [1.165, 1.54) is 0 Å². The molecule has 0 aliphatic carbocycles. The van der Waals surface area contributed by atoms with Crippen LogP contribution in [0.15, 0.2) is 46.5 Å². The highest BCUT2D eigenvalue weighted by molar-refractivity contribution is 5.97. The highest BCUT2D eigenvalue weighted by Crippen LogP contribution is 2.25. The Balaban J connectivity index is 2.81. The zero-order valence-corrected chi connectivity index (χ0v) is 21.0. The molecule has 0 aromatic heterocycles. The molecule has 1 amide bonds. The number of carbonyl (C=O) groups is 1. The van der Waals surface area contributed by atoms with Crippen molar-refractivity contribution >= 4 is 17.8 Å². The standard InChI is InChI=1S/C25H37F3N4O2/c1-8-20(16-30-23(33)34-24(5,6)7)12-13-29-22(32-19(4)25(26,27)28)31-18(3)15-21-11-9-10-17(2)14-21/h9-11,14,20H,4,8,12-13,15-16H2,1-3,5-7H3,(H,29,32)(H,30,33)/b31-18+. The van der Waals surface area contributed by atoms with Crippen molar-refractivity contribution in [3.8, 4) is 0 Å². The van der Waals surface area contributed by atoms with Crippen molar-refractivity contribution in [2.24, 2.45) is 15.9 Å². The second kappa shape index (κ2) is 13.2. The fourth-order valence-corrected chi connectivity index (χ4v) is 3.01. The fourth-order valence-electron chi connectivity index (χ4n) is 3.01. The van der Waals surface area contributed by atoms with Gasteiger partial charge in [-0.1, -0.05) is 49.8 Å². The number of rotatable bonds is 9. The molecular weight excluding hydrogens is 445 g/mol. The van der Waals surface area contributed by atoms with E-state index < -0.39 is 23.6 Å². The average molecular weight is 483 g/mol. The number of amides is 1. The largest absolute Gasteiger partial charge is 0.444 e. The Morgan fingerprint density at radius 2 is 1.85 bits per heavy atom. The Kier molecular flexibility index (Phi) is 11.3. The zero-order valence-electron chi connectivity index (χ0n) is 21.0. The second-order valence-electron chi connectivity index (χ2n) is 9.27. The Morgan fingerprint density at radius 1 is 1.18 bits per heavy atom. The minimum Gasteiger partial charge on any atom is -0.444 e. The molecule has 34 heavy (non-hydrogen) atoms. The lowest BCUT2D eigenvalue weighted by Gasteiger charge is -2.21. The second-order valence-corrected chi connectivity index (χ2v) is 9.27. The zero-order chi connectivity index (χ0) is 25.9. The van der Waals surface area contributed by atoms with Gasteiger partial charge < -0.3 is 15.4 Å². The van der Waals surface area contributed by atoms with Crippen molar-refractivity contribution in [1.82, 2.24) is 10.6 Å². The number of alkyl carbamates (subject to hydrolysis) is 1. The third-order valence-corrected chi connectivity index (χ3v) is 4.75. The third kappa shape index (κ3) is 12.4. The van der Waals surface area contributed by atoms with Crippen LogP contribution in [0.3, 0.4) is 0 Å². The fraction of sp³-hybridized carbons (Fsp3) is 0.560. The number of aliphatic imine (C=N–C) groups is 2. The Morgan fingerprint density at radius 3 is 2.41 bits per heavy atom. The summed E-state index contributed by atoms with van der Waals surface area (Å²) < 4.78 is 44.2. The molecule has 0 bridgehead atoms. The quantitative estimate of drug-likeness (QED) is 0.337. The number of allylic oxidation sites excluding steroid dienone is 1. The maximum Gasteiger partial charge on any atom is 0.432 e. The summed E-state index contributed by atoms with van der Waals surface area (Å²) in [6.45, 7) is 14.8. The van der Waals surface area contributed by atoms with Crippen LogP contribution in [-0.2, 0) is 11.2 Å². The van der Waals surface area contributed by atoms with E-state index in [-0.39, 0.29) is 11.9 Å². The van der Waals surface area contributed by atoms with Crippen LogP contribution in [0.25, 0.3) is 0 Å². The number of benzene rings is 1. The molecule has 0 fully saturated rings. The number of aryl methyl sites for hydroxylation is 1. The SMILES string of the molecule is C=C(/N=C(\N=C(/C)Cc1cccc(C)c1)NCCC(CC)CNC(=O)OC(C)(C)C)C(F)(F)F. The average Bonchev–Trinajstić information content (AvgIpc) is 2.68. The first kappa shape index (κ1) is 29.2. The number of hydrogen-bond donors (Lipinski definition) is 2. The van der Waals surface area contributed by atoms with Crippen molar-refractivity contribution in [3.05, 3.63) is 47.7 Å². The molecule has 190 valence electrons. The van der Waals surface area contributed by atoms with Crippen molar-refractivity contribution in [2.75, 3.05) is 13.1 Å². The lowest BCUT2D eigenvalue weighted by Crippen LogP contribution is -2.36. The maximum absolute atomic E-state index is 13.0. The van der Waals surface area contributed by atoms with Gasteiger partial charge in [-0.05, 0) is 52.5 Å². The molecule has 1 atom stereocenters. The molecule has 0 radical (unpaired) electrons. The Bertz CT molecular complexity index is 887. The number of alkyl halides is 3. The number of ether oxygens (including phenoxy) is 1. The molecule has 2 N–H and O–H groups in total. The van der Waals surface area contributed by atoms with Gasteiger partial charge in [0.05, 0.1) is 0 Å². The van der Waals surface area contributed by atoms with E-state index in [0.717, 1.165) is 17.5 Å². The van der Waals surface area contributed by atoms with E-state index in [4.69, 9.17) is 4.74 Å². The number of hydrogen-bond acceptors (Lipinski definition) is 3. The van der Waals surface area contributed by atoms with Crippen LogP contribution in [0.1, 0.15) is 58.6 Å². The molecule has 9 heteroatoms. The van der Waals surface area contributed by atoms with Crippen molar-refractivity contribution in [1.29, 1.82) is 0 Å². The van der Waals surface area contributed by atoms with Crippen LogP contribution < -0.4 is 10.6 Å². The molecule has 0 aliphatic heterocycles. The molecule has 0 heterocycles. The van der Waals surface area contributed by atoms with Gasteiger partial charge in [-0.3, -0.25) is 0 Å². The lowest BCUT2D eigenvalue weighted by atomic mass is 10.0. The molecule has 0 saturated heterocycles. The van der Waals surface area contributed by atoms with Crippen LogP contribution >= 0.6 is 0 Å². The van der Waals surface area contributed by atoms with E-state index in [2.05, 4.69) is 27.2 Å². The Labute approximate surface area is 200 Å². The van der Waals surface area contributed by atoms with Crippen molar-refractivity contribution < 1.29 is 22.7 Å². The van der Waals surface area contributed by atoms with Gasteiger partial charge >= 0.3 is 12.3 Å². The first-order valence-corrected chi connectivity index (χ1v) is 11.3. The van der Waals surface area contributed by atoms with Crippen molar-refractivity contribution in [3.63, 3.8) is 0 Å². The predicted molar refractivity (Wildman–Crippen MR) is 131 cm³/mol. The van der Waals surface area contributed by atoms with Crippen LogP contribution in [0.5, 0.6) is 0 Å². The summed E-state index contributed by atoms with van der Waals surface area (Å²) >= 11 is 0. The topological polar surface area (TPSA) is 75.1 Å².